The Morgan fingerprint density at radius 2 is 1.79 bits per heavy atom. The summed E-state index contributed by atoms with van der Waals surface area (Å²) in [6.07, 6.45) is 0.678. The molecule has 156 valence electrons. The molecule has 2 aromatic rings. The minimum atomic E-state index is -3.58. The first-order valence-corrected chi connectivity index (χ1v) is 11.5. The van der Waals surface area contributed by atoms with E-state index in [0.29, 0.717) is 48.3 Å². The Morgan fingerprint density at radius 1 is 1.07 bits per heavy atom. The third-order valence-corrected chi connectivity index (χ3v) is 7.34. The molecule has 1 aliphatic rings. The molecule has 1 aliphatic heterocycles. The van der Waals surface area contributed by atoms with Crippen LogP contribution >= 0.6 is 23.2 Å². The number of nitrogens with one attached hydrogen (secondary N) is 1. The molecule has 0 bridgehead atoms. The van der Waals surface area contributed by atoms with Crippen molar-refractivity contribution in [1.82, 2.24) is 9.21 Å². The molecule has 1 amide bonds. The molecule has 0 atom stereocenters. The zero-order valence-electron chi connectivity index (χ0n) is 16.1. The quantitative estimate of drug-likeness (QED) is 0.723. The molecule has 1 fully saturated rings. The molecule has 6 nitrogen and oxygen atoms in total. The van der Waals surface area contributed by atoms with E-state index >= 15 is 0 Å². The second kappa shape index (κ2) is 9.45. The number of nitrogens with zero attached hydrogens (tertiary/aromatic N) is 2. The van der Waals surface area contributed by atoms with E-state index in [2.05, 4.69) is 10.2 Å². The van der Waals surface area contributed by atoms with Gasteiger partial charge in [-0.2, -0.15) is 4.31 Å². The summed E-state index contributed by atoms with van der Waals surface area (Å²) in [5.74, 6) is -0.217. The number of aryl methyl sites for hydroxylation is 1. The summed E-state index contributed by atoms with van der Waals surface area (Å²) in [7, 11) is -1.61. The number of hydrogen-bond acceptors (Lipinski definition) is 4. The highest BCUT2D eigenvalue weighted by atomic mass is 35.5. The van der Waals surface area contributed by atoms with Gasteiger partial charge >= 0.3 is 0 Å². The topological polar surface area (TPSA) is 69.7 Å². The highest BCUT2D eigenvalue weighted by Crippen LogP contribution is 2.23. The smallest absolute Gasteiger partial charge is 0.243 e. The Labute approximate surface area is 181 Å². The molecule has 1 saturated heterocycles. The van der Waals surface area contributed by atoms with Crippen molar-refractivity contribution in [3.8, 4) is 0 Å². The lowest BCUT2D eigenvalue weighted by atomic mass is 10.1. The van der Waals surface area contributed by atoms with Gasteiger partial charge in [-0.05, 0) is 49.4 Å². The summed E-state index contributed by atoms with van der Waals surface area (Å²) in [6.45, 7) is 2.31. The zero-order chi connectivity index (χ0) is 21.0. The molecule has 0 radical (unpaired) electrons. The van der Waals surface area contributed by atoms with Crippen LogP contribution in [0.15, 0.2) is 47.4 Å². The first-order chi connectivity index (χ1) is 13.8. The average Bonchev–Trinajstić information content (AvgIpc) is 2.68. The number of anilines is 1. The predicted molar refractivity (Wildman–Crippen MR) is 116 cm³/mol. The van der Waals surface area contributed by atoms with E-state index in [9.17, 15) is 13.2 Å². The molecular formula is C20H23Cl2N3O3S. The molecule has 0 spiro atoms. The van der Waals surface area contributed by atoms with Crippen LogP contribution in [0, 0.1) is 0 Å². The lowest BCUT2D eigenvalue weighted by Gasteiger charge is -2.31. The maximum Gasteiger partial charge on any atom is 0.243 e. The molecule has 1 heterocycles. The molecule has 29 heavy (non-hydrogen) atoms. The van der Waals surface area contributed by atoms with Crippen LogP contribution in [-0.4, -0.2) is 56.8 Å². The van der Waals surface area contributed by atoms with Gasteiger partial charge in [-0.25, -0.2) is 8.42 Å². The number of amides is 1. The van der Waals surface area contributed by atoms with Gasteiger partial charge < -0.3 is 10.2 Å². The van der Waals surface area contributed by atoms with Gasteiger partial charge in [0, 0.05) is 48.3 Å². The second-order valence-corrected chi connectivity index (χ2v) is 9.80. The van der Waals surface area contributed by atoms with Crippen molar-refractivity contribution in [3.63, 3.8) is 0 Å². The number of hydrogen-bond donors (Lipinski definition) is 1. The summed E-state index contributed by atoms with van der Waals surface area (Å²) in [6, 6.07) is 11.5. The zero-order valence-corrected chi connectivity index (χ0v) is 18.4. The number of piperazine rings is 1. The maximum absolute atomic E-state index is 12.9. The van der Waals surface area contributed by atoms with E-state index in [-0.39, 0.29) is 17.2 Å². The number of likely N-dealkylation sites (N-methyl/N-ethyl adjacent to an activating group) is 1. The van der Waals surface area contributed by atoms with Crippen molar-refractivity contribution >= 4 is 44.8 Å². The largest absolute Gasteiger partial charge is 0.326 e. The Morgan fingerprint density at radius 3 is 2.48 bits per heavy atom. The van der Waals surface area contributed by atoms with Gasteiger partial charge in [-0.15, -0.1) is 0 Å². The van der Waals surface area contributed by atoms with Crippen LogP contribution < -0.4 is 5.32 Å². The molecule has 0 aliphatic carbocycles. The predicted octanol–water partition coefficient (Wildman–Crippen LogP) is 3.50. The number of halogens is 2. The Bertz CT molecular complexity index is 990. The fourth-order valence-corrected chi connectivity index (χ4v) is 5.08. The molecule has 0 unspecified atom stereocenters. The molecule has 1 N–H and O–H groups in total. The van der Waals surface area contributed by atoms with Crippen molar-refractivity contribution in [2.75, 3.05) is 38.5 Å². The van der Waals surface area contributed by atoms with Gasteiger partial charge in [0.2, 0.25) is 15.9 Å². The Balaban J connectivity index is 1.64. The summed E-state index contributed by atoms with van der Waals surface area (Å²) in [5, 5.41) is 3.83. The Hall–Kier alpha value is -1.64. The minimum Gasteiger partial charge on any atom is -0.326 e. The van der Waals surface area contributed by atoms with Gasteiger partial charge in [0.05, 0.1) is 4.90 Å². The van der Waals surface area contributed by atoms with Gasteiger partial charge in [-0.3, -0.25) is 4.79 Å². The van der Waals surface area contributed by atoms with E-state index < -0.39 is 10.0 Å². The van der Waals surface area contributed by atoms with E-state index in [1.165, 1.54) is 10.4 Å². The van der Waals surface area contributed by atoms with Crippen LogP contribution in [0.1, 0.15) is 12.0 Å². The first-order valence-electron chi connectivity index (χ1n) is 9.28. The molecule has 2 aromatic carbocycles. The molecule has 0 aromatic heterocycles. The summed E-state index contributed by atoms with van der Waals surface area (Å²) >= 11 is 12.0. The van der Waals surface area contributed by atoms with Gasteiger partial charge in [-0.1, -0.05) is 35.3 Å². The lowest BCUT2D eigenvalue weighted by Crippen LogP contribution is -2.47. The highest BCUT2D eigenvalue weighted by molar-refractivity contribution is 7.89. The average molecular weight is 456 g/mol. The van der Waals surface area contributed by atoms with Gasteiger partial charge in [0.1, 0.15) is 0 Å². The highest BCUT2D eigenvalue weighted by Gasteiger charge is 2.27. The van der Waals surface area contributed by atoms with Crippen LogP contribution in [0.2, 0.25) is 10.0 Å². The molecule has 0 saturated carbocycles. The van der Waals surface area contributed by atoms with Crippen molar-refractivity contribution in [1.29, 1.82) is 0 Å². The van der Waals surface area contributed by atoms with Crippen LogP contribution in [-0.2, 0) is 21.2 Å². The van der Waals surface area contributed by atoms with Crippen LogP contribution in [0.5, 0.6) is 0 Å². The third kappa shape index (κ3) is 5.71. The number of sulfonamides is 1. The van der Waals surface area contributed by atoms with Crippen LogP contribution in [0.4, 0.5) is 5.69 Å². The molecule has 3 rings (SSSR count). The van der Waals surface area contributed by atoms with Gasteiger partial charge in [0.25, 0.3) is 0 Å². The van der Waals surface area contributed by atoms with E-state index in [0.717, 1.165) is 5.56 Å². The minimum absolute atomic E-state index is 0.181. The first kappa shape index (κ1) is 22.1. The fraction of sp³-hybridized carbons (Fsp3) is 0.350. The SMILES string of the molecule is CN1CCN(S(=O)(=O)c2cccc(NC(=O)CCc3ccc(Cl)cc3Cl)c2)CC1. The van der Waals surface area contributed by atoms with Crippen molar-refractivity contribution in [2.45, 2.75) is 17.7 Å². The third-order valence-electron chi connectivity index (χ3n) is 4.85. The summed E-state index contributed by atoms with van der Waals surface area (Å²) < 4.78 is 27.2. The summed E-state index contributed by atoms with van der Waals surface area (Å²) in [5.41, 5.74) is 1.28. The number of carbonyl (C=O) groups excluding carboxylic acids is 1. The monoisotopic (exact) mass is 455 g/mol. The molecular weight excluding hydrogens is 433 g/mol. The number of carbonyl (C=O) groups is 1. The normalized spacial score (nSPS) is 16.0. The van der Waals surface area contributed by atoms with E-state index in [4.69, 9.17) is 23.2 Å². The maximum atomic E-state index is 12.9. The second-order valence-electron chi connectivity index (χ2n) is 7.02. The fourth-order valence-electron chi connectivity index (χ4n) is 3.11. The van der Waals surface area contributed by atoms with Crippen LogP contribution in [0.25, 0.3) is 0 Å². The standard InChI is InChI=1S/C20H23Cl2N3O3S/c1-24-9-11-25(12-10-24)29(27,28)18-4-2-3-17(14-18)23-20(26)8-6-15-5-7-16(21)13-19(15)22/h2-5,7,13-14H,6,8-12H2,1H3,(H,23,26). The van der Waals surface area contributed by atoms with E-state index in [1.54, 1.807) is 36.4 Å². The van der Waals surface area contributed by atoms with Crippen molar-refractivity contribution in [2.24, 2.45) is 0 Å². The number of rotatable bonds is 6. The van der Waals surface area contributed by atoms with E-state index in [1.807, 2.05) is 7.05 Å². The van der Waals surface area contributed by atoms with Crippen molar-refractivity contribution < 1.29 is 13.2 Å². The van der Waals surface area contributed by atoms with Gasteiger partial charge in [0.15, 0.2) is 0 Å². The van der Waals surface area contributed by atoms with Crippen molar-refractivity contribution in [3.05, 3.63) is 58.1 Å². The Kier molecular flexibility index (Phi) is 7.19. The molecule has 9 heteroatoms. The lowest BCUT2D eigenvalue weighted by molar-refractivity contribution is -0.116. The number of benzene rings is 2. The summed E-state index contributed by atoms with van der Waals surface area (Å²) in [4.78, 5) is 14.6. The van der Waals surface area contributed by atoms with Crippen LogP contribution in [0.3, 0.4) is 0 Å².